The Labute approximate surface area is 126 Å². The smallest absolute Gasteiger partial charge is 0.0767 e. The van der Waals surface area contributed by atoms with Gasteiger partial charge in [0.2, 0.25) is 0 Å². The summed E-state index contributed by atoms with van der Waals surface area (Å²) in [5, 5.41) is 1.07. The number of rotatable bonds is 3. The van der Waals surface area contributed by atoms with Crippen molar-refractivity contribution in [1.82, 2.24) is 14.8 Å². The maximum atomic E-state index is 6.06. The summed E-state index contributed by atoms with van der Waals surface area (Å²) in [6, 6.07) is 8.80. The van der Waals surface area contributed by atoms with Crippen LogP contribution in [0.5, 0.6) is 0 Å². The van der Waals surface area contributed by atoms with E-state index in [9.17, 15) is 0 Å². The van der Waals surface area contributed by atoms with Crippen molar-refractivity contribution >= 4 is 16.6 Å². The number of likely N-dealkylation sites (N-methyl/N-ethyl adjacent to an activating group) is 1. The lowest BCUT2D eigenvalue weighted by molar-refractivity contribution is 0.0886. The summed E-state index contributed by atoms with van der Waals surface area (Å²) in [5.41, 5.74) is 9.19. The molecular weight excluding hydrogens is 260 g/mol. The van der Waals surface area contributed by atoms with Gasteiger partial charge in [-0.15, -0.1) is 0 Å². The standard InChI is InChI=1S/C17H24N4/c1-3-14-12-21(10-9-20(14)2)11-13-6-7-16(18)15-5-4-8-19-17(13)15/h4-8,14H,3,9-12,18H2,1-2H3. The van der Waals surface area contributed by atoms with Gasteiger partial charge in [-0.05, 0) is 37.2 Å². The molecule has 112 valence electrons. The van der Waals surface area contributed by atoms with Crippen molar-refractivity contribution in [3.8, 4) is 0 Å². The van der Waals surface area contributed by atoms with Crippen LogP contribution in [0, 0.1) is 0 Å². The van der Waals surface area contributed by atoms with Gasteiger partial charge in [-0.25, -0.2) is 0 Å². The molecule has 0 amide bonds. The Kier molecular flexibility index (Phi) is 4.08. The lowest BCUT2D eigenvalue weighted by atomic mass is 10.1. The second-order valence-corrected chi connectivity index (χ2v) is 5.99. The van der Waals surface area contributed by atoms with Crippen molar-refractivity contribution in [2.75, 3.05) is 32.4 Å². The molecule has 0 radical (unpaired) electrons. The van der Waals surface area contributed by atoms with Gasteiger partial charge in [0.1, 0.15) is 0 Å². The maximum absolute atomic E-state index is 6.06. The second-order valence-electron chi connectivity index (χ2n) is 5.99. The van der Waals surface area contributed by atoms with Crippen molar-refractivity contribution < 1.29 is 0 Å². The normalized spacial score (nSPS) is 21.0. The lowest BCUT2D eigenvalue weighted by Gasteiger charge is -2.39. The molecule has 21 heavy (non-hydrogen) atoms. The van der Waals surface area contributed by atoms with E-state index in [-0.39, 0.29) is 0 Å². The third kappa shape index (κ3) is 2.87. The van der Waals surface area contributed by atoms with Crippen molar-refractivity contribution in [3.63, 3.8) is 0 Å². The number of nitrogen functional groups attached to an aromatic ring is 1. The quantitative estimate of drug-likeness (QED) is 0.879. The molecule has 1 aromatic carbocycles. The zero-order valence-corrected chi connectivity index (χ0v) is 12.9. The van der Waals surface area contributed by atoms with E-state index < -0.39 is 0 Å². The molecule has 1 atom stereocenters. The number of hydrogen-bond donors (Lipinski definition) is 1. The molecule has 4 nitrogen and oxygen atoms in total. The Hall–Kier alpha value is -1.65. The predicted octanol–water partition coefficient (Wildman–Crippen LogP) is 2.34. The number of hydrogen-bond acceptors (Lipinski definition) is 4. The highest BCUT2D eigenvalue weighted by Gasteiger charge is 2.23. The Balaban J connectivity index is 1.84. The molecule has 1 aromatic heterocycles. The first kappa shape index (κ1) is 14.3. The highest BCUT2D eigenvalue weighted by atomic mass is 15.3. The molecular formula is C17H24N4. The van der Waals surface area contributed by atoms with E-state index in [1.165, 1.54) is 12.0 Å². The van der Waals surface area contributed by atoms with E-state index in [1.54, 1.807) is 0 Å². The molecule has 4 heteroatoms. The summed E-state index contributed by atoms with van der Waals surface area (Å²) in [6.07, 6.45) is 3.05. The zero-order valence-electron chi connectivity index (χ0n) is 12.9. The second kappa shape index (κ2) is 6.00. The van der Waals surface area contributed by atoms with E-state index in [2.05, 4.69) is 40.9 Å². The summed E-state index contributed by atoms with van der Waals surface area (Å²) in [4.78, 5) is 9.55. The molecule has 2 heterocycles. The van der Waals surface area contributed by atoms with Crippen LogP contribution in [0.2, 0.25) is 0 Å². The fourth-order valence-electron chi connectivity index (χ4n) is 3.22. The van der Waals surface area contributed by atoms with Crippen molar-refractivity contribution in [2.45, 2.75) is 25.9 Å². The summed E-state index contributed by atoms with van der Waals surface area (Å²) in [5.74, 6) is 0. The maximum Gasteiger partial charge on any atom is 0.0767 e. The number of benzene rings is 1. The van der Waals surface area contributed by atoms with Crippen LogP contribution in [0.4, 0.5) is 5.69 Å². The van der Waals surface area contributed by atoms with Gasteiger partial charge in [-0.2, -0.15) is 0 Å². The molecule has 2 N–H and O–H groups in total. The third-order valence-corrected chi connectivity index (χ3v) is 4.61. The molecule has 1 aliphatic heterocycles. The average molecular weight is 284 g/mol. The van der Waals surface area contributed by atoms with E-state index in [0.29, 0.717) is 6.04 Å². The minimum Gasteiger partial charge on any atom is -0.398 e. The highest BCUT2D eigenvalue weighted by molar-refractivity contribution is 5.92. The number of anilines is 1. The van der Waals surface area contributed by atoms with Gasteiger partial charge < -0.3 is 10.6 Å². The first-order valence-electron chi connectivity index (χ1n) is 7.73. The summed E-state index contributed by atoms with van der Waals surface area (Å²) in [6.45, 7) is 6.61. The van der Waals surface area contributed by atoms with Gasteiger partial charge in [-0.1, -0.05) is 13.0 Å². The van der Waals surface area contributed by atoms with Crippen molar-refractivity contribution in [1.29, 1.82) is 0 Å². The Bertz CT molecular complexity index is 625. The van der Waals surface area contributed by atoms with E-state index in [4.69, 9.17) is 5.73 Å². The first-order valence-corrected chi connectivity index (χ1v) is 7.73. The first-order chi connectivity index (χ1) is 10.2. The Morgan fingerprint density at radius 3 is 2.95 bits per heavy atom. The van der Waals surface area contributed by atoms with Crippen LogP contribution >= 0.6 is 0 Å². The van der Waals surface area contributed by atoms with Gasteiger partial charge in [0.25, 0.3) is 0 Å². The molecule has 1 saturated heterocycles. The minimum absolute atomic E-state index is 0.659. The predicted molar refractivity (Wildman–Crippen MR) is 88.1 cm³/mol. The molecule has 1 fully saturated rings. The van der Waals surface area contributed by atoms with Crippen LogP contribution < -0.4 is 5.73 Å². The Morgan fingerprint density at radius 1 is 1.29 bits per heavy atom. The van der Waals surface area contributed by atoms with Crippen LogP contribution in [-0.2, 0) is 6.54 Å². The molecule has 0 aliphatic carbocycles. The number of nitrogens with two attached hydrogens (primary N) is 1. The van der Waals surface area contributed by atoms with Gasteiger partial charge in [0.05, 0.1) is 5.52 Å². The van der Waals surface area contributed by atoms with E-state index >= 15 is 0 Å². The summed E-state index contributed by atoms with van der Waals surface area (Å²) < 4.78 is 0. The largest absolute Gasteiger partial charge is 0.398 e. The molecule has 0 spiro atoms. The van der Waals surface area contributed by atoms with Crippen LogP contribution in [0.1, 0.15) is 18.9 Å². The Morgan fingerprint density at radius 2 is 2.14 bits per heavy atom. The average Bonchev–Trinajstić information content (AvgIpc) is 2.52. The highest BCUT2D eigenvalue weighted by Crippen LogP contribution is 2.24. The molecule has 1 aliphatic rings. The van der Waals surface area contributed by atoms with Crippen LogP contribution in [0.15, 0.2) is 30.5 Å². The number of aromatic nitrogens is 1. The fraction of sp³-hybridized carbons (Fsp3) is 0.471. The SMILES string of the molecule is CCC1CN(Cc2ccc(N)c3cccnc23)CCN1C. The monoisotopic (exact) mass is 284 g/mol. The number of pyridine rings is 1. The van der Waals surface area contributed by atoms with Gasteiger partial charge >= 0.3 is 0 Å². The topological polar surface area (TPSA) is 45.4 Å². The molecule has 0 bridgehead atoms. The molecule has 1 unspecified atom stereocenters. The van der Waals surface area contributed by atoms with E-state index in [0.717, 1.165) is 42.8 Å². The minimum atomic E-state index is 0.659. The summed E-state index contributed by atoms with van der Waals surface area (Å²) >= 11 is 0. The third-order valence-electron chi connectivity index (χ3n) is 4.61. The lowest BCUT2D eigenvalue weighted by Crippen LogP contribution is -2.50. The molecule has 3 rings (SSSR count). The fourth-order valence-corrected chi connectivity index (χ4v) is 3.22. The van der Waals surface area contributed by atoms with Crippen LogP contribution in [-0.4, -0.2) is 47.5 Å². The van der Waals surface area contributed by atoms with Crippen LogP contribution in [0.25, 0.3) is 10.9 Å². The number of nitrogens with zero attached hydrogens (tertiary/aromatic N) is 3. The number of fused-ring (bicyclic) bond motifs is 1. The zero-order chi connectivity index (χ0) is 14.8. The van der Waals surface area contributed by atoms with Crippen molar-refractivity contribution in [3.05, 3.63) is 36.0 Å². The summed E-state index contributed by atoms with van der Waals surface area (Å²) in [7, 11) is 2.23. The van der Waals surface area contributed by atoms with Crippen LogP contribution in [0.3, 0.4) is 0 Å². The number of piperazine rings is 1. The molecule has 0 saturated carbocycles. The van der Waals surface area contributed by atoms with Gasteiger partial charge in [0, 0.05) is 49.5 Å². The van der Waals surface area contributed by atoms with Gasteiger partial charge in [0.15, 0.2) is 0 Å². The molecule has 2 aromatic rings. The van der Waals surface area contributed by atoms with Gasteiger partial charge in [-0.3, -0.25) is 9.88 Å². The van der Waals surface area contributed by atoms with Crippen molar-refractivity contribution in [2.24, 2.45) is 0 Å². The van der Waals surface area contributed by atoms with E-state index in [1.807, 2.05) is 18.3 Å².